The number of rotatable bonds is 5. The molecule has 1 aromatic carbocycles. The third kappa shape index (κ3) is 4.59. The number of hydrogen-bond donors (Lipinski definition) is 2. The van der Waals surface area contributed by atoms with Gasteiger partial charge in [0.05, 0.1) is 18.3 Å². The molecule has 7 nitrogen and oxygen atoms in total. The molecule has 1 aromatic heterocycles. The van der Waals surface area contributed by atoms with Crippen molar-refractivity contribution in [3.63, 3.8) is 0 Å². The van der Waals surface area contributed by atoms with Gasteiger partial charge < -0.3 is 20.4 Å². The highest BCUT2D eigenvalue weighted by Gasteiger charge is 2.31. The van der Waals surface area contributed by atoms with Crippen LogP contribution in [-0.2, 0) is 4.79 Å². The normalized spacial score (nSPS) is 19.9. The summed E-state index contributed by atoms with van der Waals surface area (Å²) < 4.78 is 0. The van der Waals surface area contributed by atoms with Crippen LogP contribution < -0.4 is 15.5 Å². The predicted molar refractivity (Wildman–Crippen MR) is 121 cm³/mol. The van der Waals surface area contributed by atoms with Crippen molar-refractivity contribution >= 4 is 52.5 Å². The van der Waals surface area contributed by atoms with Gasteiger partial charge in [0, 0.05) is 36.2 Å². The van der Waals surface area contributed by atoms with Crippen molar-refractivity contribution < 1.29 is 4.79 Å². The van der Waals surface area contributed by atoms with Crippen LogP contribution in [0.25, 0.3) is 0 Å². The van der Waals surface area contributed by atoms with Crippen LogP contribution in [0.4, 0.5) is 11.8 Å². The zero-order valence-electron chi connectivity index (χ0n) is 16.5. The monoisotopic (exact) mass is 468 g/mol. The molecule has 4 rings (SSSR count). The van der Waals surface area contributed by atoms with Crippen molar-refractivity contribution in [3.8, 4) is 0 Å². The fraction of sp³-hybridized carbons (Fsp3) is 0.450. The van der Waals surface area contributed by atoms with Gasteiger partial charge in [-0.15, -0.1) is 0 Å². The average molecular weight is 470 g/mol. The Labute approximate surface area is 190 Å². The lowest BCUT2D eigenvalue weighted by Crippen LogP contribution is -2.58. The summed E-state index contributed by atoms with van der Waals surface area (Å²) >= 11 is 18.7. The smallest absolute Gasteiger partial charge is 0.239 e. The fourth-order valence-electron chi connectivity index (χ4n) is 3.59. The molecule has 0 radical (unpaired) electrons. The van der Waals surface area contributed by atoms with Crippen molar-refractivity contribution in [1.29, 1.82) is 0 Å². The van der Waals surface area contributed by atoms with E-state index in [0.29, 0.717) is 53.0 Å². The van der Waals surface area contributed by atoms with Crippen LogP contribution in [0.5, 0.6) is 0 Å². The number of anilines is 2. The SMILES string of the molecule is C[C@@H](Nc1nc(N2CCN(C(=O)[C@H]3CCN3)CC2)ncc1Cl)c1ccc(Cl)cc1Cl. The number of amides is 1. The number of benzene rings is 1. The molecule has 2 N–H and O–H groups in total. The number of aromatic nitrogens is 2. The Morgan fingerprint density at radius 2 is 1.93 bits per heavy atom. The van der Waals surface area contributed by atoms with Gasteiger partial charge in [-0.1, -0.05) is 40.9 Å². The summed E-state index contributed by atoms with van der Waals surface area (Å²) in [4.78, 5) is 25.4. The van der Waals surface area contributed by atoms with Gasteiger partial charge >= 0.3 is 0 Å². The van der Waals surface area contributed by atoms with Crippen molar-refractivity contribution in [2.24, 2.45) is 0 Å². The highest BCUT2D eigenvalue weighted by molar-refractivity contribution is 6.35. The first-order valence-electron chi connectivity index (χ1n) is 9.93. The molecule has 1 amide bonds. The Kier molecular flexibility index (Phi) is 6.53. The minimum absolute atomic E-state index is 0.0136. The number of nitrogens with one attached hydrogen (secondary N) is 2. The minimum Gasteiger partial charge on any atom is -0.362 e. The molecule has 0 spiro atoms. The zero-order valence-corrected chi connectivity index (χ0v) is 18.8. The Balaban J connectivity index is 1.42. The molecule has 0 saturated carbocycles. The summed E-state index contributed by atoms with van der Waals surface area (Å²) in [6, 6.07) is 5.25. The van der Waals surface area contributed by atoms with Gasteiger partial charge in [-0.25, -0.2) is 4.98 Å². The van der Waals surface area contributed by atoms with Gasteiger partial charge in [-0.3, -0.25) is 4.79 Å². The highest BCUT2D eigenvalue weighted by atomic mass is 35.5. The van der Waals surface area contributed by atoms with Crippen LogP contribution in [0.1, 0.15) is 24.9 Å². The zero-order chi connectivity index (χ0) is 21.3. The second kappa shape index (κ2) is 9.14. The molecule has 160 valence electrons. The van der Waals surface area contributed by atoms with Crippen molar-refractivity contribution in [1.82, 2.24) is 20.2 Å². The molecule has 2 fully saturated rings. The number of halogens is 3. The quantitative estimate of drug-likeness (QED) is 0.697. The van der Waals surface area contributed by atoms with E-state index < -0.39 is 0 Å². The summed E-state index contributed by atoms with van der Waals surface area (Å²) in [5.41, 5.74) is 0.897. The summed E-state index contributed by atoms with van der Waals surface area (Å²) in [6.07, 6.45) is 2.52. The molecule has 3 heterocycles. The molecule has 0 unspecified atom stereocenters. The fourth-order valence-corrected chi connectivity index (χ4v) is 4.31. The summed E-state index contributed by atoms with van der Waals surface area (Å²) in [6.45, 7) is 5.57. The number of nitrogens with zero attached hydrogens (tertiary/aromatic N) is 4. The molecule has 2 aliphatic heterocycles. The molecule has 0 aliphatic carbocycles. The lowest BCUT2D eigenvalue weighted by molar-refractivity contribution is -0.135. The maximum absolute atomic E-state index is 12.4. The molecule has 2 aromatic rings. The van der Waals surface area contributed by atoms with Gasteiger partial charge in [-0.05, 0) is 37.6 Å². The maximum atomic E-state index is 12.4. The first kappa shape index (κ1) is 21.4. The number of hydrogen-bond acceptors (Lipinski definition) is 6. The lowest BCUT2D eigenvalue weighted by Gasteiger charge is -2.38. The van der Waals surface area contributed by atoms with E-state index in [-0.39, 0.29) is 18.0 Å². The van der Waals surface area contributed by atoms with Gasteiger partial charge in [0.2, 0.25) is 11.9 Å². The van der Waals surface area contributed by atoms with E-state index in [1.807, 2.05) is 17.9 Å². The molecule has 2 atom stereocenters. The molecule has 30 heavy (non-hydrogen) atoms. The van der Waals surface area contributed by atoms with Crippen molar-refractivity contribution in [2.75, 3.05) is 42.9 Å². The van der Waals surface area contributed by atoms with Gasteiger partial charge in [-0.2, -0.15) is 4.98 Å². The van der Waals surface area contributed by atoms with E-state index >= 15 is 0 Å². The Bertz CT molecular complexity index is 931. The van der Waals surface area contributed by atoms with Gasteiger partial charge in [0.25, 0.3) is 0 Å². The first-order valence-corrected chi connectivity index (χ1v) is 11.1. The van der Waals surface area contributed by atoms with E-state index in [4.69, 9.17) is 34.8 Å². The van der Waals surface area contributed by atoms with Crippen LogP contribution in [-0.4, -0.2) is 59.5 Å². The summed E-state index contributed by atoms with van der Waals surface area (Å²) in [5.74, 6) is 1.32. The van der Waals surface area contributed by atoms with Gasteiger partial charge in [0.1, 0.15) is 5.02 Å². The predicted octanol–water partition coefficient (Wildman–Crippen LogP) is 3.62. The van der Waals surface area contributed by atoms with Crippen LogP contribution in [0.3, 0.4) is 0 Å². The number of carbonyl (C=O) groups is 1. The van der Waals surface area contributed by atoms with E-state index in [0.717, 1.165) is 18.5 Å². The van der Waals surface area contributed by atoms with E-state index in [1.54, 1.807) is 18.3 Å². The molecular weight excluding hydrogens is 447 g/mol. The molecule has 2 saturated heterocycles. The molecule has 0 bridgehead atoms. The molecular formula is C20H23Cl3N6O. The summed E-state index contributed by atoms with van der Waals surface area (Å²) in [5, 5.41) is 8.08. The third-order valence-corrected chi connectivity index (χ3v) is 6.35. The number of piperazine rings is 1. The number of carbonyl (C=O) groups excluding carboxylic acids is 1. The first-order chi connectivity index (χ1) is 14.4. The summed E-state index contributed by atoms with van der Waals surface area (Å²) in [7, 11) is 0. The van der Waals surface area contributed by atoms with E-state index in [9.17, 15) is 4.79 Å². The molecule has 10 heteroatoms. The maximum Gasteiger partial charge on any atom is 0.239 e. The average Bonchev–Trinajstić information content (AvgIpc) is 2.68. The van der Waals surface area contributed by atoms with E-state index in [1.165, 1.54) is 0 Å². The topological polar surface area (TPSA) is 73.4 Å². The Morgan fingerprint density at radius 3 is 2.57 bits per heavy atom. The van der Waals surface area contributed by atoms with Crippen LogP contribution in [0.2, 0.25) is 15.1 Å². The van der Waals surface area contributed by atoms with Crippen LogP contribution in [0.15, 0.2) is 24.4 Å². The largest absolute Gasteiger partial charge is 0.362 e. The van der Waals surface area contributed by atoms with Gasteiger partial charge in [0.15, 0.2) is 5.82 Å². The van der Waals surface area contributed by atoms with Crippen molar-refractivity contribution in [3.05, 3.63) is 45.0 Å². The second-order valence-corrected chi connectivity index (χ2v) is 8.76. The lowest BCUT2D eigenvalue weighted by atomic mass is 10.1. The van der Waals surface area contributed by atoms with Crippen LogP contribution >= 0.6 is 34.8 Å². The highest BCUT2D eigenvalue weighted by Crippen LogP contribution is 2.30. The third-order valence-electron chi connectivity index (χ3n) is 5.51. The molecule has 2 aliphatic rings. The van der Waals surface area contributed by atoms with Crippen LogP contribution in [0, 0.1) is 0 Å². The van der Waals surface area contributed by atoms with Crippen molar-refractivity contribution in [2.45, 2.75) is 25.4 Å². The standard InChI is InChI=1S/C20H23Cl3N6O/c1-12(14-3-2-13(21)10-15(14)22)26-18-16(23)11-25-20(27-18)29-8-6-28(7-9-29)19(30)17-4-5-24-17/h2-3,10-12,17,24H,4-9H2,1H3,(H,25,26,27)/t12-,17-/m1/s1. The second-order valence-electron chi connectivity index (χ2n) is 7.51. The minimum atomic E-state index is -0.125. The van der Waals surface area contributed by atoms with E-state index in [2.05, 4.69) is 25.5 Å². The Hall–Kier alpha value is -1.80. The Morgan fingerprint density at radius 1 is 1.20 bits per heavy atom.